The van der Waals surface area contributed by atoms with E-state index in [4.69, 9.17) is 15.0 Å². The van der Waals surface area contributed by atoms with Gasteiger partial charge in [-0.15, -0.1) is 0 Å². The third-order valence-electron chi connectivity index (χ3n) is 7.96. The first-order chi connectivity index (χ1) is 21.7. The molecule has 0 aliphatic rings. The number of aromatic hydroxyl groups is 1. The van der Waals surface area contributed by atoms with Crippen molar-refractivity contribution >= 4 is 21.8 Å². The van der Waals surface area contributed by atoms with Crippen LogP contribution in [-0.2, 0) is 0 Å². The maximum absolute atomic E-state index is 11.5. The number of phenolic OH excluding ortho intramolecular Hbond substituents is 1. The molecule has 0 saturated carbocycles. The first-order valence-corrected chi connectivity index (χ1v) is 14.5. The molecule has 8 rings (SSSR count). The highest BCUT2D eigenvalue weighted by Crippen LogP contribution is 2.40. The summed E-state index contributed by atoms with van der Waals surface area (Å²) in [6, 6.07) is 50.6. The van der Waals surface area contributed by atoms with Crippen LogP contribution in [0, 0.1) is 0 Å². The molecule has 2 aromatic heterocycles. The number of aromatic nitrogens is 4. The molecule has 44 heavy (non-hydrogen) atoms. The number of fused-ring (bicyclic) bond motifs is 3. The summed E-state index contributed by atoms with van der Waals surface area (Å²) in [4.78, 5) is 14.8. The van der Waals surface area contributed by atoms with E-state index in [0.29, 0.717) is 17.6 Å². The lowest BCUT2D eigenvalue weighted by Crippen LogP contribution is -2.06. The highest BCUT2D eigenvalue weighted by atomic mass is 16.3. The third-order valence-corrected chi connectivity index (χ3v) is 7.96. The van der Waals surface area contributed by atoms with E-state index in [1.165, 1.54) is 0 Å². The predicted molar refractivity (Wildman–Crippen MR) is 178 cm³/mol. The quantitative estimate of drug-likeness (QED) is 0.225. The van der Waals surface area contributed by atoms with Crippen LogP contribution in [-0.4, -0.2) is 24.6 Å². The molecule has 0 spiro atoms. The minimum Gasteiger partial charge on any atom is -0.507 e. The summed E-state index contributed by atoms with van der Waals surface area (Å²) in [7, 11) is 0. The molecule has 0 unspecified atom stereocenters. The van der Waals surface area contributed by atoms with Crippen molar-refractivity contribution in [3.8, 4) is 56.7 Å². The van der Waals surface area contributed by atoms with E-state index in [-0.39, 0.29) is 5.75 Å². The van der Waals surface area contributed by atoms with E-state index in [1.54, 1.807) is 0 Å². The zero-order valence-corrected chi connectivity index (χ0v) is 23.7. The summed E-state index contributed by atoms with van der Waals surface area (Å²) in [5.74, 6) is 1.84. The molecular weight excluding hydrogens is 540 g/mol. The SMILES string of the molecule is Oc1cc2c(cc1-c1cccc(-c3ccccc3)c1)c1ccccc1n2-c1nc(-c2ccccc2)nc(-c2ccccc2)n1. The van der Waals surface area contributed by atoms with Gasteiger partial charge in [0.2, 0.25) is 5.95 Å². The van der Waals surface area contributed by atoms with Crippen molar-refractivity contribution in [2.45, 2.75) is 0 Å². The maximum Gasteiger partial charge on any atom is 0.238 e. The van der Waals surface area contributed by atoms with Crippen molar-refractivity contribution in [1.29, 1.82) is 0 Å². The first-order valence-electron chi connectivity index (χ1n) is 14.5. The highest BCUT2D eigenvalue weighted by molar-refractivity contribution is 6.11. The average molecular weight is 567 g/mol. The Balaban J connectivity index is 1.36. The van der Waals surface area contributed by atoms with Gasteiger partial charge < -0.3 is 5.11 Å². The molecule has 0 saturated heterocycles. The van der Waals surface area contributed by atoms with Gasteiger partial charge in [-0.3, -0.25) is 4.57 Å². The van der Waals surface area contributed by atoms with Gasteiger partial charge in [-0.1, -0.05) is 127 Å². The number of phenols is 1. The molecule has 8 aromatic rings. The van der Waals surface area contributed by atoms with E-state index in [9.17, 15) is 5.11 Å². The summed E-state index contributed by atoms with van der Waals surface area (Å²) in [5.41, 5.74) is 7.50. The second kappa shape index (κ2) is 10.6. The second-order valence-electron chi connectivity index (χ2n) is 10.7. The summed E-state index contributed by atoms with van der Waals surface area (Å²) in [5, 5.41) is 13.6. The predicted octanol–water partition coefficient (Wildman–Crippen LogP) is 9.34. The van der Waals surface area contributed by atoms with Gasteiger partial charge in [0.25, 0.3) is 0 Å². The summed E-state index contributed by atoms with van der Waals surface area (Å²) in [6.45, 7) is 0. The van der Waals surface area contributed by atoms with E-state index < -0.39 is 0 Å². The second-order valence-corrected chi connectivity index (χ2v) is 10.7. The number of hydrogen-bond donors (Lipinski definition) is 1. The Kier molecular flexibility index (Phi) is 6.20. The van der Waals surface area contributed by atoms with Crippen LogP contribution in [0.4, 0.5) is 0 Å². The Hall–Kier alpha value is -6.07. The first kappa shape index (κ1) is 25.6. The molecule has 208 valence electrons. The van der Waals surface area contributed by atoms with Crippen LogP contribution < -0.4 is 0 Å². The van der Waals surface area contributed by atoms with Gasteiger partial charge in [0, 0.05) is 33.5 Å². The fourth-order valence-electron chi connectivity index (χ4n) is 5.85. The Bertz CT molecular complexity index is 2220. The maximum atomic E-state index is 11.5. The van der Waals surface area contributed by atoms with Gasteiger partial charge in [-0.25, -0.2) is 4.98 Å². The fourth-order valence-corrected chi connectivity index (χ4v) is 5.85. The van der Waals surface area contributed by atoms with Crippen molar-refractivity contribution in [3.63, 3.8) is 0 Å². The Labute approximate surface area is 254 Å². The highest BCUT2D eigenvalue weighted by Gasteiger charge is 2.20. The lowest BCUT2D eigenvalue weighted by Gasteiger charge is -2.12. The molecule has 0 fully saturated rings. The molecule has 1 N–H and O–H groups in total. The summed E-state index contributed by atoms with van der Waals surface area (Å²) >= 11 is 0. The van der Waals surface area contributed by atoms with Gasteiger partial charge in [0.05, 0.1) is 11.0 Å². The fraction of sp³-hybridized carbons (Fsp3) is 0. The van der Waals surface area contributed by atoms with Crippen molar-refractivity contribution < 1.29 is 5.11 Å². The molecular formula is C39H26N4O. The van der Waals surface area contributed by atoms with E-state index in [1.807, 2.05) is 114 Å². The van der Waals surface area contributed by atoms with Gasteiger partial charge >= 0.3 is 0 Å². The van der Waals surface area contributed by atoms with Gasteiger partial charge in [-0.05, 0) is 34.9 Å². The lowest BCUT2D eigenvalue weighted by molar-refractivity contribution is 0.478. The number of para-hydroxylation sites is 1. The largest absolute Gasteiger partial charge is 0.507 e. The third kappa shape index (κ3) is 4.48. The molecule has 0 aliphatic carbocycles. The molecule has 0 radical (unpaired) electrons. The van der Waals surface area contributed by atoms with E-state index in [2.05, 4.69) is 42.5 Å². The normalized spacial score (nSPS) is 11.3. The van der Waals surface area contributed by atoms with Crippen LogP contribution in [0.5, 0.6) is 5.75 Å². The van der Waals surface area contributed by atoms with Crippen LogP contribution in [0.1, 0.15) is 0 Å². The lowest BCUT2D eigenvalue weighted by atomic mass is 9.97. The zero-order chi connectivity index (χ0) is 29.5. The van der Waals surface area contributed by atoms with Crippen LogP contribution in [0.3, 0.4) is 0 Å². The summed E-state index contributed by atoms with van der Waals surface area (Å²) < 4.78 is 2.02. The van der Waals surface area contributed by atoms with Crippen molar-refractivity contribution in [2.75, 3.05) is 0 Å². The number of nitrogens with zero attached hydrogens (tertiary/aromatic N) is 4. The Morgan fingerprint density at radius 3 is 1.61 bits per heavy atom. The Morgan fingerprint density at radius 1 is 0.409 bits per heavy atom. The minimum atomic E-state index is 0.187. The smallest absolute Gasteiger partial charge is 0.238 e. The van der Waals surface area contributed by atoms with Crippen molar-refractivity contribution in [2.24, 2.45) is 0 Å². The van der Waals surface area contributed by atoms with Gasteiger partial charge in [0.15, 0.2) is 11.6 Å². The van der Waals surface area contributed by atoms with E-state index in [0.717, 1.165) is 55.2 Å². The van der Waals surface area contributed by atoms with Gasteiger partial charge in [-0.2, -0.15) is 9.97 Å². The molecule has 5 nitrogen and oxygen atoms in total. The Morgan fingerprint density at radius 2 is 0.955 bits per heavy atom. The van der Waals surface area contributed by atoms with Crippen LogP contribution >= 0.6 is 0 Å². The zero-order valence-electron chi connectivity index (χ0n) is 23.7. The van der Waals surface area contributed by atoms with Crippen LogP contribution in [0.15, 0.2) is 152 Å². The molecule has 2 heterocycles. The number of benzene rings is 6. The van der Waals surface area contributed by atoms with Crippen molar-refractivity contribution in [3.05, 3.63) is 152 Å². The number of rotatable bonds is 5. The molecule has 0 atom stereocenters. The minimum absolute atomic E-state index is 0.187. The van der Waals surface area contributed by atoms with Gasteiger partial charge in [0.1, 0.15) is 5.75 Å². The molecule has 0 amide bonds. The monoisotopic (exact) mass is 566 g/mol. The molecule has 5 heteroatoms. The van der Waals surface area contributed by atoms with Crippen molar-refractivity contribution in [1.82, 2.24) is 19.5 Å². The standard InChI is InChI=1S/C39H26N4O/c44-36-25-35-33(24-32(36)30-20-12-19-29(23-30)26-13-4-1-5-14-26)31-21-10-11-22-34(31)43(35)39-41-37(27-15-6-2-7-16-27)40-38(42-39)28-17-8-3-9-18-28/h1-25,44H. The molecule has 0 aliphatic heterocycles. The van der Waals surface area contributed by atoms with Crippen LogP contribution in [0.25, 0.3) is 72.8 Å². The van der Waals surface area contributed by atoms with E-state index >= 15 is 0 Å². The summed E-state index contributed by atoms with van der Waals surface area (Å²) in [6.07, 6.45) is 0. The molecule has 0 bridgehead atoms. The number of hydrogen-bond acceptors (Lipinski definition) is 4. The van der Waals surface area contributed by atoms with Crippen LogP contribution in [0.2, 0.25) is 0 Å². The average Bonchev–Trinajstić information content (AvgIpc) is 3.42. The topological polar surface area (TPSA) is 63.8 Å². The molecule has 6 aromatic carbocycles.